The number of aromatic nitrogens is 2. The highest BCUT2D eigenvalue weighted by molar-refractivity contribution is 9.10. The number of nitrogens with zero attached hydrogens (tertiary/aromatic N) is 2. The maximum atomic E-state index is 12.8. The van der Waals surface area contributed by atoms with Crippen LogP contribution in [-0.2, 0) is 19.0 Å². The van der Waals surface area contributed by atoms with Gasteiger partial charge in [-0.25, -0.2) is 9.97 Å². The molecule has 1 heterocycles. The SMILES string of the molecule is FC(F)(F)c1ccc(-c2cc(Nc3ccc(Br)c4c3CCCC4)ncn2)cc1. The van der Waals surface area contributed by atoms with E-state index in [0.29, 0.717) is 17.1 Å². The lowest BCUT2D eigenvalue weighted by Gasteiger charge is -2.21. The Labute approximate surface area is 169 Å². The smallest absolute Gasteiger partial charge is 0.340 e. The van der Waals surface area contributed by atoms with Crippen LogP contribution in [0.5, 0.6) is 0 Å². The standard InChI is InChI=1S/C21H17BrF3N3/c22-17-9-10-18(16-4-2-1-3-15(16)17)28-20-11-19(26-12-27-20)13-5-7-14(8-6-13)21(23,24)25/h5-12H,1-4H2,(H,26,27,28). The first-order valence-electron chi connectivity index (χ1n) is 8.99. The summed E-state index contributed by atoms with van der Waals surface area (Å²) in [4.78, 5) is 8.48. The van der Waals surface area contributed by atoms with E-state index in [2.05, 4.69) is 31.2 Å². The van der Waals surface area contributed by atoms with Crippen molar-refractivity contribution in [3.63, 3.8) is 0 Å². The molecule has 1 aliphatic rings. The Morgan fingerprint density at radius 2 is 1.61 bits per heavy atom. The van der Waals surface area contributed by atoms with Gasteiger partial charge in [0, 0.05) is 21.8 Å². The number of fused-ring (bicyclic) bond motifs is 1. The van der Waals surface area contributed by atoms with Gasteiger partial charge in [-0.05, 0) is 61.1 Å². The second-order valence-electron chi connectivity index (χ2n) is 6.75. The molecule has 1 aliphatic carbocycles. The van der Waals surface area contributed by atoms with Crippen LogP contribution in [0.1, 0.15) is 29.5 Å². The Bertz CT molecular complexity index is 1000. The third kappa shape index (κ3) is 3.90. The molecule has 3 nitrogen and oxygen atoms in total. The Hall–Kier alpha value is -2.41. The molecule has 7 heteroatoms. The van der Waals surface area contributed by atoms with Crippen LogP contribution in [0, 0.1) is 0 Å². The van der Waals surface area contributed by atoms with Crippen molar-refractivity contribution in [3.8, 4) is 11.3 Å². The molecule has 1 N–H and O–H groups in total. The minimum absolute atomic E-state index is 0.567. The number of halogens is 4. The molecule has 0 bridgehead atoms. The van der Waals surface area contributed by atoms with Gasteiger partial charge in [-0.15, -0.1) is 0 Å². The van der Waals surface area contributed by atoms with Gasteiger partial charge in [0.05, 0.1) is 11.3 Å². The van der Waals surface area contributed by atoms with E-state index in [1.807, 2.05) is 12.1 Å². The number of alkyl halides is 3. The third-order valence-electron chi connectivity index (χ3n) is 4.92. The van der Waals surface area contributed by atoms with Gasteiger partial charge in [-0.2, -0.15) is 13.2 Å². The van der Waals surface area contributed by atoms with Gasteiger partial charge in [0.15, 0.2) is 0 Å². The van der Waals surface area contributed by atoms with Crippen molar-refractivity contribution in [2.45, 2.75) is 31.9 Å². The fraction of sp³-hybridized carbons (Fsp3) is 0.238. The van der Waals surface area contributed by atoms with Crippen molar-refractivity contribution in [1.82, 2.24) is 9.97 Å². The molecule has 4 rings (SSSR count). The van der Waals surface area contributed by atoms with Crippen LogP contribution in [0.25, 0.3) is 11.3 Å². The van der Waals surface area contributed by atoms with E-state index in [0.717, 1.165) is 41.6 Å². The quantitative estimate of drug-likeness (QED) is 0.494. The largest absolute Gasteiger partial charge is 0.416 e. The number of hydrogen-bond acceptors (Lipinski definition) is 3. The van der Waals surface area contributed by atoms with Crippen molar-refractivity contribution < 1.29 is 13.2 Å². The monoisotopic (exact) mass is 447 g/mol. The Balaban J connectivity index is 1.62. The molecule has 0 saturated heterocycles. The molecular formula is C21H17BrF3N3. The summed E-state index contributed by atoms with van der Waals surface area (Å²) in [6, 6.07) is 10.8. The predicted octanol–water partition coefficient (Wildman–Crippen LogP) is 6.55. The third-order valence-corrected chi connectivity index (χ3v) is 5.66. The van der Waals surface area contributed by atoms with E-state index >= 15 is 0 Å². The fourth-order valence-electron chi connectivity index (χ4n) is 3.49. The van der Waals surface area contributed by atoms with Gasteiger partial charge in [-0.3, -0.25) is 0 Å². The lowest BCUT2D eigenvalue weighted by molar-refractivity contribution is -0.137. The lowest BCUT2D eigenvalue weighted by atomic mass is 9.90. The topological polar surface area (TPSA) is 37.8 Å². The summed E-state index contributed by atoms with van der Waals surface area (Å²) in [5, 5.41) is 3.35. The van der Waals surface area contributed by atoms with Crippen LogP contribution in [-0.4, -0.2) is 9.97 Å². The number of hydrogen-bond donors (Lipinski definition) is 1. The number of anilines is 2. The Morgan fingerprint density at radius 1 is 0.893 bits per heavy atom. The first kappa shape index (κ1) is 18.9. The number of benzene rings is 2. The lowest BCUT2D eigenvalue weighted by Crippen LogP contribution is -2.08. The molecule has 0 radical (unpaired) electrons. The van der Waals surface area contributed by atoms with Gasteiger partial charge in [0.1, 0.15) is 12.1 Å². The molecule has 28 heavy (non-hydrogen) atoms. The zero-order chi connectivity index (χ0) is 19.7. The number of rotatable bonds is 3. The van der Waals surface area contributed by atoms with Crippen molar-refractivity contribution >= 4 is 27.4 Å². The van der Waals surface area contributed by atoms with Crippen molar-refractivity contribution in [2.24, 2.45) is 0 Å². The zero-order valence-electron chi connectivity index (χ0n) is 14.9. The first-order valence-corrected chi connectivity index (χ1v) is 9.78. The van der Waals surface area contributed by atoms with Crippen LogP contribution in [0.3, 0.4) is 0 Å². The molecule has 0 saturated carbocycles. The van der Waals surface area contributed by atoms with E-state index in [1.165, 1.54) is 36.0 Å². The highest BCUT2D eigenvalue weighted by atomic mass is 79.9. The first-order chi connectivity index (χ1) is 13.4. The van der Waals surface area contributed by atoms with Crippen LogP contribution >= 0.6 is 15.9 Å². The van der Waals surface area contributed by atoms with Crippen molar-refractivity contribution in [3.05, 3.63) is 70.0 Å². The molecule has 0 fully saturated rings. The molecule has 0 aliphatic heterocycles. The summed E-state index contributed by atoms with van der Waals surface area (Å²) in [5.41, 5.74) is 4.12. The van der Waals surface area contributed by atoms with Gasteiger partial charge >= 0.3 is 6.18 Å². The summed E-state index contributed by atoms with van der Waals surface area (Å²) in [7, 11) is 0. The predicted molar refractivity (Wildman–Crippen MR) is 107 cm³/mol. The second-order valence-corrected chi connectivity index (χ2v) is 7.60. The molecule has 2 aromatic carbocycles. The average molecular weight is 448 g/mol. The average Bonchev–Trinajstić information content (AvgIpc) is 2.70. The Morgan fingerprint density at radius 3 is 2.32 bits per heavy atom. The molecule has 0 atom stereocenters. The van der Waals surface area contributed by atoms with E-state index < -0.39 is 11.7 Å². The van der Waals surface area contributed by atoms with Crippen molar-refractivity contribution in [2.75, 3.05) is 5.32 Å². The molecule has 144 valence electrons. The van der Waals surface area contributed by atoms with Gasteiger partial charge in [-0.1, -0.05) is 28.1 Å². The summed E-state index contributed by atoms with van der Waals surface area (Å²) >= 11 is 3.63. The Kier molecular flexibility index (Phi) is 5.10. The highest BCUT2D eigenvalue weighted by Crippen LogP contribution is 2.35. The summed E-state index contributed by atoms with van der Waals surface area (Å²) in [6.07, 6.45) is 1.46. The molecule has 3 aromatic rings. The molecule has 1 aromatic heterocycles. The molecular weight excluding hydrogens is 431 g/mol. The minimum Gasteiger partial charge on any atom is -0.340 e. The van der Waals surface area contributed by atoms with E-state index in [-0.39, 0.29) is 0 Å². The van der Waals surface area contributed by atoms with Gasteiger partial charge < -0.3 is 5.32 Å². The van der Waals surface area contributed by atoms with E-state index in [1.54, 1.807) is 6.07 Å². The maximum Gasteiger partial charge on any atom is 0.416 e. The van der Waals surface area contributed by atoms with Crippen LogP contribution in [0.4, 0.5) is 24.7 Å². The fourth-order valence-corrected chi connectivity index (χ4v) is 4.06. The molecule has 0 unspecified atom stereocenters. The normalized spacial score (nSPS) is 13.9. The van der Waals surface area contributed by atoms with Crippen LogP contribution < -0.4 is 5.32 Å². The van der Waals surface area contributed by atoms with Crippen LogP contribution in [0.2, 0.25) is 0 Å². The van der Waals surface area contributed by atoms with Gasteiger partial charge in [0.25, 0.3) is 0 Å². The second kappa shape index (κ2) is 7.54. The maximum absolute atomic E-state index is 12.8. The summed E-state index contributed by atoms with van der Waals surface area (Å²) < 4.78 is 39.4. The van der Waals surface area contributed by atoms with E-state index in [4.69, 9.17) is 0 Å². The number of nitrogens with one attached hydrogen (secondary N) is 1. The summed E-state index contributed by atoms with van der Waals surface area (Å²) in [6.45, 7) is 0. The minimum atomic E-state index is -4.35. The van der Waals surface area contributed by atoms with E-state index in [9.17, 15) is 13.2 Å². The highest BCUT2D eigenvalue weighted by Gasteiger charge is 2.30. The molecule has 0 amide bonds. The van der Waals surface area contributed by atoms with Crippen LogP contribution in [0.15, 0.2) is 53.3 Å². The van der Waals surface area contributed by atoms with Gasteiger partial charge in [0.2, 0.25) is 0 Å². The van der Waals surface area contributed by atoms with Crippen molar-refractivity contribution in [1.29, 1.82) is 0 Å². The molecule has 0 spiro atoms. The summed E-state index contributed by atoms with van der Waals surface area (Å²) in [5.74, 6) is 0.611. The zero-order valence-corrected chi connectivity index (χ0v) is 16.4.